The van der Waals surface area contributed by atoms with Crippen molar-refractivity contribution in [1.29, 1.82) is 0 Å². The third kappa shape index (κ3) is 4.80. The van der Waals surface area contributed by atoms with Crippen molar-refractivity contribution in [2.45, 2.75) is 6.54 Å². The van der Waals surface area contributed by atoms with Crippen molar-refractivity contribution in [2.24, 2.45) is 10.7 Å². The number of benzene rings is 3. The first-order valence-electron chi connectivity index (χ1n) is 10.2. The maximum Gasteiger partial charge on any atom is 0.199 e. The Bertz CT molecular complexity index is 1200. The van der Waals surface area contributed by atoms with Crippen molar-refractivity contribution in [3.05, 3.63) is 94.5 Å². The molecule has 0 aliphatic heterocycles. The Balaban J connectivity index is 1.77. The average molecular weight is 433 g/mol. The maximum atomic E-state index is 10.7. The van der Waals surface area contributed by atoms with Gasteiger partial charge in [-0.15, -0.1) is 0 Å². The fourth-order valence-electron chi connectivity index (χ4n) is 3.67. The van der Waals surface area contributed by atoms with Gasteiger partial charge in [-0.2, -0.15) is 0 Å². The topological polar surface area (TPSA) is 77.6 Å². The van der Waals surface area contributed by atoms with Crippen LogP contribution in [-0.4, -0.2) is 40.8 Å². The second-order valence-electron chi connectivity index (χ2n) is 7.56. The van der Waals surface area contributed by atoms with Crippen LogP contribution in [0.1, 0.15) is 16.7 Å². The normalized spacial score (nSPS) is 12.1. The molecule has 0 spiro atoms. The molecule has 4 aromatic rings. The smallest absolute Gasteiger partial charge is 0.199 e. The first-order chi connectivity index (χ1) is 15.0. The van der Waals surface area contributed by atoms with Crippen molar-refractivity contribution in [3.63, 3.8) is 0 Å². The van der Waals surface area contributed by atoms with Crippen LogP contribution in [0, 0.1) is 0 Å². The Kier molecular flexibility index (Phi) is 6.37. The molecule has 1 aromatic heterocycles. The lowest BCUT2D eigenvalue weighted by molar-refractivity contribution is 0.336. The number of aliphatic imine (C=N–C) groups is 1. The van der Waals surface area contributed by atoms with Crippen LogP contribution in [0.15, 0.2) is 77.8 Å². The lowest BCUT2D eigenvalue weighted by atomic mass is 10.0. The van der Waals surface area contributed by atoms with Gasteiger partial charge < -0.3 is 20.7 Å². The molecule has 4 N–H and O–H groups in total. The van der Waals surface area contributed by atoms with E-state index in [0.29, 0.717) is 22.8 Å². The fourth-order valence-corrected chi connectivity index (χ4v) is 3.84. The lowest BCUT2D eigenvalue weighted by Crippen LogP contribution is -2.24. The second kappa shape index (κ2) is 9.35. The summed E-state index contributed by atoms with van der Waals surface area (Å²) in [5, 5.41) is 12.2. The number of halogens is 1. The minimum Gasteiger partial charge on any atom is -0.494 e. The van der Waals surface area contributed by atoms with Crippen LogP contribution in [0.3, 0.4) is 0 Å². The van der Waals surface area contributed by atoms with E-state index in [1.165, 1.54) is 5.56 Å². The number of rotatable bonds is 7. The minimum absolute atomic E-state index is 0.0694. The monoisotopic (exact) mass is 432 g/mol. The van der Waals surface area contributed by atoms with Crippen LogP contribution in [0.2, 0.25) is 5.02 Å². The molecule has 0 amide bonds. The molecule has 6 heteroatoms. The van der Waals surface area contributed by atoms with Gasteiger partial charge in [0.05, 0.1) is 22.5 Å². The number of aromatic hydroxyl groups is 1. The quantitative estimate of drug-likeness (QED) is 0.356. The van der Waals surface area contributed by atoms with Gasteiger partial charge >= 0.3 is 0 Å². The summed E-state index contributed by atoms with van der Waals surface area (Å²) in [4.78, 5) is 10.1. The highest BCUT2D eigenvalue weighted by atomic mass is 35.5. The van der Waals surface area contributed by atoms with E-state index in [0.717, 1.165) is 35.2 Å². The van der Waals surface area contributed by atoms with Gasteiger partial charge in [-0.3, -0.25) is 0 Å². The standard InChI is InChI=1S/C25H25ClN4O/c1-30(14-13-27)16-17-7-10-20(11-8-17)28-24(18-5-3-2-4-6-18)23-21-12-9-19(26)15-22(21)29-25(23)31/h2-12,15,29,31H,13-14,16,27H2,1H3. The van der Waals surface area contributed by atoms with Gasteiger partial charge in [-0.25, -0.2) is 4.99 Å². The summed E-state index contributed by atoms with van der Waals surface area (Å²) in [6, 6.07) is 23.5. The van der Waals surface area contributed by atoms with Gasteiger partial charge in [0.2, 0.25) is 0 Å². The molecule has 0 fully saturated rings. The van der Waals surface area contributed by atoms with Crippen molar-refractivity contribution in [1.82, 2.24) is 9.88 Å². The van der Waals surface area contributed by atoms with E-state index in [9.17, 15) is 5.11 Å². The van der Waals surface area contributed by atoms with Crippen molar-refractivity contribution < 1.29 is 5.11 Å². The van der Waals surface area contributed by atoms with Crippen molar-refractivity contribution >= 4 is 33.9 Å². The molecule has 0 aliphatic rings. The molecule has 3 aromatic carbocycles. The molecule has 1 heterocycles. The van der Waals surface area contributed by atoms with E-state index in [4.69, 9.17) is 22.3 Å². The molecule has 4 rings (SSSR count). The first kappa shape index (κ1) is 21.1. The third-order valence-corrected chi connectivity index (χ3v) is 5.40. The summed E-state index contributed by atoms with van der Waals surface area (Å²) < 4.78 is 0. The average Bonchev–Trinajstić information content (AvgIpc) is 3.08. The Hall–Kier alpha value is -3.12. The highest BCUT2D eigenvalue weighted by molar-refractivity contribution is 6.31. The van der Waals surface area contributed by atoms with Gasteiger partial charge in [0.15, 0.2) is 5.88 Å². The summed E-state index contributed by atoms with van der Waals surface area (Å²) >= 11 is 6.13. The number of hydrogen-bond acceptors (Lipinski definition) is 4. The molecule has 31 heavy (non-hydrogen) atoms. The molecule has 0 radical (unpaired) electrons. The number of nitrogens with one attached hydrogen (secondary N) is 1. The molecular weight excluding hydrogens is 408 g/mol. The predicted octanol–water partition coefficient (Wildman–Crippen LogP) is 5.09. The zero-order valence-corrected chi connectivity index (χ0v) is 18.1. The van der Waals surface area contributed by atoms with Gasteiger partial charge in [0.1, 0.15) is 0 Å². The Morgan fingerprint density at radius 2 is 1.81 bits per heavy atom. The summed E-state index contributed by atoms with van der Waals surface area (Å²) in [5.41, 5.74) is 10.7. The lowest BCUT2D eigenvalue weighted by Gasteiger charge is -2.15. The van der Waals surface area contributed by atoms with Crippen LogP contribution in [0.4, 0.5) is 5.69 Å². The molecule has 0 aliphatic carbocycles. The molecule has 0 saturated carbocycles. The number of H-pyrrole nitrogens is 1. The Morgan fingerprint density at radius 3 is 2.52 bits per heavy atom. The van der Waals surface area contributed by atoms with Crippen LogP contribution >= 0.6 is 11.6 Å². The maximum absolute atomic E-state index is 10.7. The van der Waals surface area contributed by atoms with Gasteiger partial charge in [0, 0.05) is 35.6 Å². The second-order valence-corrected chi connectivity index (χ2v) is 7.99. The minimum atomic E-state index is 0.0694. The highest BCUT2D eigenvalue weighted by Crippen LogP contribution is 2.32. The highest BCUT2D eigenvalue weighted by Gasteiger charge is 2.18. The number of aromatic nitrogens is 1. The number of fused-ring (bicyclic) bond motifs is 1. The summed E-state index contributed by atoms with van der Waals surface area (Å²) in [5.74, 6) is 0.0694. The number of nitrogens with two attached hydrogens (primary N) is 1. The predicted molar refractivity (Wildman–Crippen MR) is 129 cm³/mol. The van der Waals surface area contributed by atoms with Gasteiger partial charge in [-0.1, -0.05) is 60.1 Å². The van der Waals surface area contributed by atoms with E-state index in [1.807, 2.05) is 54.6 Å². The molecule has 0 atom stereocenters. The Morgan fingerprint density at radius 1 is 1.06 bits per heavy atom. The molecule has 5 nitrogen and oxygen atoms in total. The third-order valence-electron chi connectivity index (χ3n) is 5.17. The zero-order valence-electron chi connectivity index (χ0n) is 17.3. The van der Waals surface area contributed by atoms with E-state index in [-0.39, 0.29) is 5.88 Å². The summed E-state index contributed by atoms with van der Waals surface area (Å²) in [6.45, 7) is 2.32. The van der Waals surface area contributed by atoms with Crippen LogP contribution in [0.25, 0.3) is 10.9 Å². The van der Waals surface area contributed by atoms with Gasteiger partial charge in [0.25, 0.3) is 0 Å². The number of likely N-dealkylation sites (N-methyl/N-ethyl adjacent to an activating group) is 1. The molecular formula is C25H25ClN4O. The zero-order chi connectivity index (χ0) is 21.8. The summed E-state index contributed by atoms with van der Waals surface area (Å²) in [7, 11) is 2.05. The van der Waals surface area contributed by atoms with Crippen LogP contribution < -0.4 is 5.73 Å². The van der Waals surface area contributed by atoms with E-state index in [1.54, 1.807) is 6.07 Å². The van der Waals surface area contributed by atoms with Crippen LogP contribution in [-0.2, 0) is 6.54 Å². The van der Waals surface area contributed by atoms with Crippen LogP contribution in [0.5, 0.6) is 5.88 Å². The molecule has 158 valence electrons. The van der Waals surface area contributed by atoms with Crippen molar-refractivity contribution in [2.75, 3.05) is 20.1 Å². The molecule has 0 saturated heterocycles. The van der Waals surface area contributed by atoms with E-state index in [2.05, 4.69) is 29.1 Å². The SMILES string of the molecule is CN(CCN)Cc1ccc(N=C(c2ccccc2)c2c(O)[nH]c3cc(Cl)ccc23)cc1. The number of aromatic amines is 1. The van der Waals surface area contributed by atoms with E-state index < -0.39 is 0 Å². The number of hydrogen-bond donors (Lipinski definition) is 3. The number of nitrogens with zero attached hydrogens (tertiary/aromatic N) is 2. The van der Waals surface area contributed by atoms with E-state index >= 15 is 0 Å². The van der Waals surface area contributed by atoms with Gasteiger partial charge in [-0.05, 0) is 36.9 Å². The van der Waals surface area contributed by atoms with Crippen molar-refractivity contribution in [3.8, 4) is 5.88 Å². The Labute approximate surface area is 186 Å². The molecule has 0 bridgehead atoms. The summed E-state index contributed by atoms with van der Waals surface area (Å²) in [6.07, 6.45) is 0. The fraction of sp³-hybridized carbons (Fsp3) is 0.160. The first-order valence-corrected chi connectivity index (χ1v) is 10.5. The molecule has 0 unspecified atom stereocenters. The largest absolute Gasteiger partial charge is 0.494 e.